The second-order valence-corrected chi connectivity index (χ2v) is 8.29. The Morgan fingerprint density at radius 3 is 2.30 bits per heavy atom. The molecule has 3 nitrogen and oxygen atoms in total. The van der Waals surface area contributed by atoms with Gasteiger partial charge >= 0.3 is 0 Å². The summed E-state index contributed by atoms with van der Waals surface area (Å²) in [6.45, 7) is 6.33. The van der Waals surface area contributed by atoms with Crippen LogP contribution in [0.5, 0.6) is 0 Å². The number of hydrogen-bond donors (Lipinski definition) is 0. The van der Waals surface area contributed by atoms with Crippen LogP contribution in [0.3, 0.4) is 0 Å². The molecule has 0 fully saturated rings. The van der Waals surface area contributed by atoms with Gasteiger partial charge < -0.3 is 4.74 Å². The first kappa shape index (κ1) is 15.7. The average Bonchev–Trinajstić information content (AvgIpc) is 3.00. The van der Waals surface area contributed by atoms with Gasteiger partial charge in [-0.25, -0.2) is 0 Å². The fraction of sp³-hybridized carbons (Fsp3) is 0.368. The van der Waals surface area contributed by atoms with Gasteiger partial charge in [0.2, 0.25) is 0 Å². The number of fused-ring (bicyclic) bond motifs is 1. The highest BCUT2D eigenvalue weighted by Crippen LogP contribution is 2.60. The van der Waals surface area contributed by atoms with Crippen molar-refractivity contribution in [1.29, 1.82) is 10.5 Å². The van der Waals surface area contributed by atoms with Crippen LogP contribution in [0.1, 0.15) is 20.8 Å². The van der Waals surface area contributed by atoms with Crippen LogP contribution in [0, 0.1) is 39.9 Å². The highest BCUT2D eigenvalue weighted by atomic mass is 32.2. The summed E-state index contributed by atoms with van der Waals surface area (Å²) in [5, 5.41) is 19.1. The maximum absolute atomic E-state index is 9.61. The van der Waals surface area contributed by atoms with Crippen LogP contribution in [0.25, 0.3) is 0 Å². The van der Waals surface area contributed by atoms with E-state index in [2.05, 4.69) is 32.9 Å². The van der Waals surface area contributed by atoms with Crippen LogP contribution in [0.4, 0.5) is 0 Å². The molecule has 1 aromatic rings. The second kappa shape index (κ2) is 5.48. The lowest BCUT2D eigenvalue weighted by Gasteiger charge is -2.36. The van der Waals surface area contributed by atoms with Crippen molar-refractivity contribution in [3.63, 3.8) is 0 Å². The third kappa shape index (κ3) is 2.54. The van der Waals surface area contributed by atoms with Crippen LogP contribution in [0.2, 0.25) is 0 Å². The molecule has 3 rings (SSSR count). The van der Waals surface area contributed by atoms with E-state index in [0.29, 0.717) is 11.1 Å². The Hall–Kier alpha value is -2.17. The molecule has 1 aromatic carbocycles. The maximum Gasteiger partial charge on any atom is 0.186 e. The fourth-order valence-corrected chi connectivity index (χ4v) is 4.83. The van der Waals surface area contributed by atoms with E-state index in [0.717, 1.165) is 4.90 Å². The quantitative estimate of drug-likeness (QED) is 0.795. The molecule has 4 heteroatoms. The van der Waals surface area contributed by atoms with Gasteiger partial charge in [0.15, 0.2) is 4.93 Å². The van der Waals surface area contributed by atoms with Gasteiger partial charge in [-0.2, -0.15) is 10.5 Å². The van der Waals surface area contributed by atoms with Crippen molar-refractivity contribution in [1.82, 2.24) is 0 Å². The van der Waals surface area contributed by atoms with E-state index in [1.165, 1.54) is 0 Å². The smallest absolute Gasteiger partial charge is 0.186 e. The molecule has 0 unspecified atom stereocenters. The average molecular weight is 322 g/mol. The number of benzene rings is 1. The fourth-order valence-electron chi connectivity index (χ4n) is 3.49. The minimum absolute atomic E-state index is 0.0305. The molecule has 0 spiro atoms. The molecule has 2 aliphatic rings. The van der Waals surface area contributed by atoms with Crippen molar-refractivity contribution in [3.05, 3.63) is 53.8 Å². The molecule has 1 heterocycles. The monoisotopic (exact) mass is 322 g/mol. The van der Waals surface area contributed by atoms with Crippen LogP contribution in [-0.2, 0) is 4.74 Å². The molecule has 0 radical (unpaired) electrons. The molecule has 3 atom stereocenters. The molecular weight excluding hydrogens is 304 g/mol. The zero-order chi connectivity index (χ0) is 16.7. The summed E-state index contributed by atoms with van der Waals surface area (Å²) in [5.74, 6) is -0.163. The first-order valence-corrected chi connectivity index (χ1v) is 8.38. The third-order valence-corrected chi connectivity index (χ3v) is 5.67. The van der Waals surface area contributed by atoms with Crippen LogP contribution in [-0.4, -0.2) is 4.93 Å². The lowest BCUT2D eigenvalue weighted by Crippen LogP contribution is -2.36. The largest absolute Gasteiger partial charge is 0.478 e. The Bertz CT molecular complexity index is 761. The molecule has 0 saturated carbocycles. The molecule has 1 aliphatic carbocycles. The van der Waals surface area contributed by atoms with E-state index >= 15 is 0 Å². The van der Waals surface area contributed by atoms with Crippen molar-refractivity contribution < 1.29 is 4.74 Å². The van der Waals surface area contributed by atoms with E-state index < -0.39 is 4.93 Å². The Balaban J connectivity index is 2.07. The van der Waals surface area contributed by atoms with Crippen LogP contribution in [0.15, 0.2) is 58.7 Å². The molecular formula is C19H18N2OS. The third-order valence-electron chi connectivity index (χ3n) is 4.38. The van der Waals surface area contributed by atoms with Crippen molar-refractivity contribution in [2.45, 2.75) is 30.6 Å². The zero-order valence-corrected chi connectivity index (χ0v) is 14.2. The Morgan fingerprint density at radius 2 is 1.74 bits per heavy atom. The van der Waals surface area contributed by atoms with Gasteiger partial charge in [0, 0.05) is 16.4 Å². The highest BCUT2D eigenvalue weighted by molar-refractivity contribution is 8.00. The number of hydrogen-bond acceptors (Lipinski definition) is 4. The number of nitriles is 2. The summed E-state index contributed by atoms with van der Waals surface area (Å²) in [4.78, 5) is 0.364. The van der Waals surface area contributed by atoms with Gasteiger partial charge in [-0.1, -0.05) is 50.7 Å². The topological polar surface area (TPSA) is 56.8 Å². The number of thioether (sulfide) groups is 1. The minimum Gasteiger partial charge on any atom is -0.478 e. The van der Waals surface area contributed by atoms with Crippen molar-refractivity contribution in [3.8, 4) is 12.1 Å². The summed E-state index contributed by atoms with van der Waals surface area (Å²) in [7, 11) is 0. The minimum atomic E-state index is -0.699. The summed E-state index contributed by atoms with van der Waals surface area (Å²) in [6.07, 6.45) is 3.50. The molecule has 23 heavy (non-hydrogen) atoms. The number of ether oxygens (including phenoxy) is 1. The van der Waals surface area contributed by atoms with E-state index in [1.807, 2.05) is 36.4 Å². The van der Waals surface area contributed by atoms with Crippen LogP contribution < -0.4 is 0 Å². The second-order valence-electron chi connectivity index (χ2n) is 6.97. The zero-order valence-electron chi connectivity index (χ0n) is 13.4. The van der Waals surface area contributed by atoms with Gasteiger partial charge in [0.25, 0.3) is 0 Å². The SMILES string of the molecule is CC(C)(C)[C@@H]1C(C#N)=C[C@@]2(Sc3ccccc3)OC=C(C#N)[C@@H]12. The van der Waals surface area contributed by atoms with E-state index in [9.17, 15) is 10.5 Å². The molecule has 0 saturated heterocycles. The predicted octanol–water partition coefficient (Wildman–Crippen LogP) is 4.65. The van der Waals surface area contributed by atoms with E-state index in [4.69, 9.17) is 4.74 Å². The van der Waals surface area contributed by atoms with E-state index in [-0.39, 0.29) is 17.3 Å². The van der Waals surface area contributed by atoms with Gasteiger partial charge in [-0.3, -0.25) is 0 Å². The molecule has 0 amide bonds. The van der Waals surface area contributed by atoms with E-state index in [1.54, 1.807) is 18.0 Å². The number of nitrogens with zero attached hydrogens (tertiary/aromatic N) is 2. The number of rotatable bonds is 2. The summed E-state index contributed by atoms with van der Waals surface area (Å²) in [5.41, 5.74) is 1.20. The van der Waals surface area contributed by atoms with Crippen LogP contribution >= 0.6 is 11.8 Å². The van der Waals surface area contributed by atoms with Gasteiger partial charge in [-0.15, -0.1) is 0 Å². The Morgan fingerprint density at radius 1 is 1.09 bits per heavy atom. The summed E-state index contributed by atoms with van der Waals surface area (Å²) in [6, 6.07) is 14.6. The van der Waals surface area contributed by atoms with Crippen molar-refractivity contribution >= 4 is 11.8 Å². The van der Waals surface area contributed by atoms with Gasteiger partial charge in [-0.05, 0) is 23.6 Å². The first-order valence-electron chi connectivity index (χ1n) is 7.56. The van der Waals surface area contributed by atoms with Gasteiger partial charge in [0.05, 0.1) is 29.9 Å². The summed E-state index contributed by atoms with van der Waals surface area (Å²) < 4.78 is 5.98. The first-order chi connectivity index (χ1) is 10.9. The van der Waals surface area contributed by atoms with Crippen molar-refractivity contribution in [2.75, 3.05) is 0 Å². The predicted molar refractivity (Wildman–Crippen MR) is 89.9 cm³/mol. The summed E-state index contributed by atoms with van der Waals surface area (Å²) >= 11 is 1.57. The molecule has 0 N–H and O–H groups in total. The Labute approximate surface area is 141 Å². The van der Waals surface area contributed by atoms with Gasteiger partial charge in [0.1, 0.15) is 0 Å². The molecule has 1 aliphatic heterocycles. The number of allylic oxidation sites excluding steroid dienone is 1. The highest BCUT2D eigenvalue weighted by Gasteiger charge is 2.58. The standard InChI is InChI=1S/C19H18N2OS/c1-18(2,3)16-13(10-20)9-19(17(16)14(11-21)12-22-19)23-15-7-5-4-6-8-15/h4-9,12,16-17H,1-3H3/t16-,17+,19+/m1/s1. The molecule has 116 valence electrons. The molecule has 0 bridgehead atoms. The lowest BCUT2D eigenvalue weighted by molar-refractivity contribution is 0.110. The Kier molecular flexibility index (Phi) is 3.74. The normalized spacial score (nSPS) is 28.9. The maximum atomic E-state index is 9.61. The lowest BCUT2D eigenvalue weighted by atomic mass is 9.70. The molecule has 0 aromatic heterocycles. The van der Waals surface area contributed by atoms with Crippen molar-refractivity contribution in [2.24, 2.45) is 17.3 Å².